The Morgan fingerprint density at radius 1 is 0.950 bits per heavy atom. The molecule has 0 aromatic heterocycles. The molecule has 40 heavy (non-hydrogen) atoms. The van der Waals surface area contributed by atoms with E-state index in [1.165, 1.54) is 17.0 Å². The van der Waals surface area contributed by atoms with E-state index in [4.69, 9.17) is 4.74 Å². The Bertz CT molecular complexity index is 1370. The number of halogens is 1. The zero-order valence-electron chi connectivity index (χ0n) is 23.0. The second kappa shape index (κ2) is 14.5. The molecule has 0 bridgehead atoms. The van der Waals surface area contributed by atoms with E-state index in [-0.39, 0.29) is 24.2 Å². The summed E-state index contributed by atoms with van der Waals surface area (Å²) >= 11 is 0. The van der Waals surface area contributed by atoms with E-state index in [1.54, 1.807) is 36.4 Å². The number of carbonyl (C=O) groups is 2. The van der Waals surface area contributed by atoms with Crippen molar-refractivity contribution in [3.05, 3.63) is 95.8 Å². The third-order valence-corrected chi connectivity index (χ3v) is 7.37. The zero-order valence-corrected chi connectivity index (χ0v) is 23.9. The number of nitrogens with zero attached hydrogens (tertiary/aromatic N) is 2. The van der Waals surface area contributed by atoms with Gasteiger partial charge in [-0.2, -0.15) is 0 Å². The second-order valence-corrected chi connectivity index (χ2v) is 11.2. The van der Waals surface area contributed by atoms with Crippen molar-refractivity contribution in [3.63, 3.8) is 0 Å². The molecule has 214 valence electrons. The number of rotatable bonds is 14. The van der Waals surface area contributed by atoms with Gasteiger partial charge < -0.3 is 15.0 Å². The smallest absolute Gasteiger partial charge is 0.244 e. The van der Waals surface area contributed by atoms with Crippen LogP contribution in [0.2, 0.25) is 0 Å². The van der Waals surface area contributed by atoms with Gasteiger partial charge in [0.1, 0.15) is 24.2 Å². The van der Waals surface area contributed by atoms with Gasteiger partial charge >= 0.3 is 0 Å². The van der Waals surface area contributed by atoms with Crippen LogP contribution in [0.15, 0.2) is 78.9 Å². The number of carbonyl (C=O) groups excluding carboxylic acids is 2. The normalized spacial score (nSPS) is 11.9. The van der Waals surface area contributed by atoms with E-state index in [0.717, 1.165) is 16.1 Å². The molecule has 1 atom stereocenters. The molecule has 3 aromatic rings. The summed E-state index contributed by atoms with van der Waals surface area (Å²) in [6.07, 6.45) is 1.86. The molecular formula is C30H36FN3O5S. The molecule has 0 aliphatic heterocycles. The number of benzene rings is 3. The molecule has 0 fully saturated rings. The highest BCUT2D eigenvalue weighted by molar-refractivity contribution is 7.92. The maximum Gasteiger partial charge on any atom is 0.244 e. The SMILES string of the molecule is CCCNC(=O)[C@H](Cc1ccccc1)N(Cc1ccccc1F)C(=O)CN(c1ccc(OCC)cc1)S(C)(=O)=O. The minimum atomic E-state index is -3.90. The molecule has 0 unspecified atom stereocenters. The van der Waals surface area contributed by atoms with Crippen LogP contribution < -0.4 is 14.4 Å². The predicted octanol–water partition coefficient (Wildman–Crippen LogP) is 4.16. The molecule has 2 amide bonds. The minimum absolute atomic E-state index is 0.165. The first-order valence-corrected chi connectivity index (χ1v) is 15.0. The molecule has 1 N–H and O–H groups in total. The van der Waals surface area contributed by atoms with Crippen LogP contribution in [-0.4, -0.2) is 57.1 Å². The third kappa shape index (κ3) is 8.54. The lowest BCUT2D eigenvalue weighted by Crippen LogP contribution is -2.53. The molecule has 0 aliphatic rings. The first-order valence-electron chi connectivity index (χ1n) is 13.2. The monoisotopic (exact) mass is 569 g/mol. The molecule has 10 heteroatoms. The van der Waals surface area contributed by atoms with Crippen molar-refractivity contribution in [2.24, 2.45) is 0 Å². The van der Waals surface area contributed by atoms with Crippen LogP contribution in [0.3, 0.4) is 0 Å². The largest absolute Gasteiger partial charge is 0.494 e. The number of sulfonamides is 1. The number of nitrogens with one attached hydrogen (secondary N) is 1. The van der Waals surface area contributed by atoms with Gasteiger partial charge in [-0.05, 0) is 49.2 Å². The number of amides is 2. The average Bonchev–Trinajstić information content (AvgIpc) is 2.93. The van der Waals surface area contributed by atoms with Gasteiger partial charge in [0.2, 0.25) is 21.8 Å². The number of hydrogen-bond acceptors (Lipinski definition) is 5. The first-order chi connectivity index (χ1) is 19.1. The van der Waals surface area contributed by atoms with Gasteiger partial charge in [0.15, 0.2) is 0 Å². The van der Waals surface area contributed by atoms with Crippen molar-refractivity contribution in [3.8, 4) is 5.75 Å². The van der Waals surface area contributed by atoms with E-state index in [9.17, 15) is 22.4 Å². The third-order valence-electron chi connectivity index (χ3n) is 6.23. The van der Waals surface area contributed by atoms with Crippen LogP contribution in [0.1, 0.15) is 31.4 Å². The van der Waals surface area contributed by atoms with Crippen molar-refractivity contribution in [2.75, 3.05) is 30.3 Å². The topological polar surface area (TPSA) is 96.0 Å². The zero-order chi connectivity index (χ0) is 29.1. The van der Waals surface area contributed by atoms with E-state index in [1.807, 2.05) is 44.2 Å². The Hall–Kier alpha value is -3.92. The lowest BCUT2D eigenvalue weighted by molar-refractivity contribution is -0.140. The average molecular weight is 570 g/mol. The highest BCUT2D eigenvalue weighted by atomic mass is 32.2. The van der Waals surface area contributed by atoms with E-state index in [2.05, 4.69) is 5.32 Å². The van der Waals surface area contributed by atoms with Crippen molar-refractivity contribution in [1.82, 2.24) is 10.2 Å². The summed E-state index contributed by atoms with van der Waals surface area (Å²) in [5, 5.41) is 2.85. The van der Waals surface area contributed by atoms with Crippen molar-refractivity contribution < 1.29 is 27.1 Å². The fourth-order valence-electron chi connectivity index (χ4n) is 4.22. The summed E-state index contributed by atoms with van der Waals surface area (Å²) in [7, 11) is -3.90. The maximum absolute atomic E-state index is 14.8. The van der Waals surface area contributed by atoms with Crippen LogP contribution in [0.25, 0.3) is 0 Å². The highest BCUT2D eigenvalue weighted by Crippen LogP contribution is 2.23. The molecule has 0 aliphatic carbocycles. The highest BCUT2D eigenvalue weighted by Gasteiger charge is 2.33. The molecule has 0 saturated heterocycles. The summed E-state index contributed by atoms with van der Waals surface area (Å²) in [6, 6.07) is 20.5. The molecule has 3 aromatic carbocycles. The van der Waals surface area contributed by atoms with Gasteiger partial charge in [-0.1, -0.05) is 55.5 Å². The van der Waals surface area contributed by atoms with Crippen LogP contribution in [-0.2, 0) is 32.6 Å². The summed E-state index contributed by atoms with van der Waals surface area (Å²) in [6.45, 7) is 3.80. The fraction of sp³-hybridized carbons (Fsp3) is 0.333. The van der Waals surface area contributed by atoms with Crippen molar-refractivity contribution in [2.45, 2.75) is 39.3 Å². The molecule has 0 spiro atoms. The summed E-state index contributed by atoms with van der Waals surface area (Å²) < 4.78 is 46.9. The van der Waals surface area contributed by atoms with Gasteiger partial charge in [-0.25, -0.2) is 12.8 Å². The second-order valence-electron chi connectivity index (χ2n) is 9.31. The molecular weight excluding hydrogens is 533 g/mol. The van der Waals surface area contributed by atoms with Crippen LogP contribution in [0.4, 0.5) is 10.1 Å². The first kappa shape index (κ1) is 30.6. The van der Waals surface area contributed by atoms with Gasteiger partial charge in [-0.3, -0.25) is 13.9 Å². The lowest BCUT2D eigenvalue weighted by Gasteiger charge is -2.33. The Morgan fingerprint density at radius 2 is 1.60 bits per heavy atom. The quantitative estimate of drug-likeness (QED) is 0.315. The van der Waals surface area contributed by atoms with E-state index < -0.39 is 40.2 Å². The Balaban J connectivity index is 2.03. The Morgan fingerprint density at radius 3 is 2.20 bits per heavy atom. The lowest BCUT2D eigenvalue weighted by atomic mass is 10.0. The summed E-state index contributed by atoms with van der Waals surface area (Å²) in [4.78, 5) is 28.7. The minimum Gasteiger partial charge on any atom is -0.494 e. The summed E-state index contributed by atoms with van der Waals surface area (Å²) in [5.74, 6) is -1.01. The van der Waals surface area contributed by atoms with Gasteiger partial charge in [-0.15, -0.1) is 0 Å². The Kier molecular flexibility index (Phi) is 11.1. The van der Waals surface area contributed by atoms with Crippen molar-refractivity contribution >= 4 is 27.5 Å². The van der Waals surface area contributed by atoms with Gasteiger partial charge in [0, 0.05) is 25.1 Å². The van der Waals surface area contributed by atoms with Crippen LogP contribution in [0, 0.1) is 5.82 Å². The fourth-order valence-corrected chi connectivity index (χ4v) is 5.07. The van der Waals surface area contributed by atoms with E-state index in [0.29, 0.717) is 25.3 Å². The van der Waals surface area contributed by atoms with Crippen molar-refractivity contribution in [1.29, 1.82) is 0 Å². The van der Waals surface area contributed by atoms with Crippen LogP contribution in [0.5, 0.6) is 5.75 Å². The molecule has 0 radical (unpaired) electrons. The number of hydrogen-bond donors (Lipinski definition) is 1. The number of ether oxygens (including phenoxy) is 1. The Labute approximate surface area is 235 Å². The van der Waals surface area contributed by atoms with Gasteiger partial charge in [0.25, 0.3) is 0 Å². The molecule has 0 heterocycles. The summed E-state index contributed by atoms with van der Waals surface area (Å²) in [5.41, 5.74) is 1.28. The van der Waals surface area contributed by atoms with Gasteiger partial charge in [0.05, 0.1) is 18.6 Å². The maximum atomic E-state index is 14.8. The van der Waals surface area contributed by atoms with Crippen LogP contribution >= 0.6 is 0 Å². The number of anilines is 1. The molecule has 8 nitrogen and oxygen atoms in total. The molecule has 3 rings (SSSR count). The molecule has 0 saturated carbocycles. The predicted molar refractivity (Wildman–Crippen MR) is 154 cm³/mol. The standard InChI is InChI=1S/C30H36FN3O5S/c1-4-19-32-30(36)28(20-23-11-7-6-8-12-23)33(21-24-13-9-10-14-27(24)31)29(35)22-34(40(3,37)38)25-15-17-26(18-16-25)39-5-2/h6-18,28H,4-5,19-22H2,1-3H3,(H,32,36)/t28-/m0/s1. The van der Waals surface area contributed by atoms with E-state index >= 15 is 0 Å².